The number of rotatable bonds is 15. The van der Waals surface area contributed by atoms with Gasteiger partial charge in [-0.05, 0) is 97.1 Å². The van der Waals surface area contributed by atoms with Crippen LogP contribution in [0.2, 0.25) is 0 Å². The summed E-state index contributed by atoms with van der Waals surface area (Å²) >= 11 is 3.98. The second-order valence-electron chi connectivity index (χ2n) is 27.3. The molecule has 0 unspecified atom stereocenters. The van der Waals surface area contributed by atoms with Gasteiger partial charge in [-0.1, -0.05) is 106 Å². The van der Waals surface area contributed by atoms with E-state index in [2.05, 4.69) is 61.8 Å². The van der Waals surface area contributed by atoms with E-state index < -0.39 is 66.9 Å². The van der Waals surface area contributed by atoms with Gasteiger partial charge in [0.05, 0.1) is 85.0 Å². The summed E-state index contributed by atoms with van der Waals surface area (Å²) in [6.07, 6.45) is 5.61. The first-order valence-corrected chi connectivity index (χ1v) is 39.2. The lowest BCUT2D eigenvalue weighted by molar-refractivity contribution is 0.261. The number of sulfone groups is 2. The van der Waals surface area contributed by atoms with Gasteiger partial charge in [0.2, 0.25) is 17.8 Å². The summed E-state index contributed by atoms with van der Waals surface area (Å²) in [4.78, 5) is 78.2. The van der Waals surface area contributed by atoms with E-state index in [1.165, 1.54) is 119 Å². The highest BCUT2D eigenvalue weighted by Gasteiger charge is 2.31. The van der Waals surface area contributed by atoms with Crippen molar-refractivity contribution in [1.82, 2.24) is 44.9 Å². The molecule has 0 spiro atoms. The van der Waals surface area contributed by atoms with Crippen molar-refractivity contribution < 1.29 is 53.2 Å². The standard InChI is InChI=1S/C26H27FN6O3S2.C25H25FN6O3S2.C24H21F3N6OS/c1-5-38(35,36)16-11-9-15(10-12-16)30-25(34)32-18-8-6-7-17(20(18)27)22-21(19-13-14-29-24(28)31-19)33-23(37-22)26(2,3)4;1-25(2,3)22-32-20(18-12-13-28-23(27)30-18)21(36-22)16-6-5-7-17(19(16)26)31-24(33)29-14-8-10-15(11-9-14)37(4,34)35;1-24(2,3)21-33-19(17-9-10-29-22(28)30-17)20(35-21)13-5-4-6-16(18(13)27)32-23(34)31-15-8-7-12(25)11-14(15)26/h6-14H,5H2,1-4H3,(H2,28,29,31)(H2,30,32,34);5-13H,1-4H3,(H2,27,28,30)(H2,29,31,33);4-11H,1-3H3,(H2,28,29,30)(H2,31,32,34). The van der Waals surface area contributed by atoms with E-state index in [4.69, 9.17) is 32.2 Å². The Morgan fingerprint density at radius 3 is 1.03 bits per heavy atom. The topological polar surface area (TPSA) is 386 Å². The number of thiazole rings is 3. The molecular formula is C75H73F5N18O7S5. The second kappa shape index (κ2) is 33.0. The Morgan fingerprint density at radius 2 is 0.727 bits per heavy atom. The highest BCUT2D eigenvalue weighted by atomic mass is 32.2. The van der Waals surface area contributed by atoms with Gasteiger partial charge in [0.25, 0.3) is 0 Å². The van der Waals surface area contributed by atoms with Gasteiger partial charge in [-0.2, -0.15) is 0 Å². The SMILES string of the molecule is CC(C)(C)c1nc(-c2ccnc(N)n2)c(-c2cccc(NC(=O)Nc3ccc(F)cc3F)c2F)s1.CC(C)(C)c1nc(-c2ccnc(N)n2)c(-c2cccc(NC(=O)Nc3ccc(S(C)(=O)=O)cc3)c2F)s1.CCS(=O)(=O)c1ccc(NC(=O)Nc2cccc(-c3sc(C(C)(C)C)nc3-c3ccnc(N)n3)c2F)cc1. The molecule has 570 valence electrons. The molecule has 0 radical (unpaired) electrons. The maximum absolute atomic E-state index is 15.8. The fraction of sp³-hybridized carbons (Fsp3) is 0.200. The average molecular weight is 1590 g/mol. The summed E-state index contributed by atoms with van der Waals surface area (Å²) in [7, 11) is -6.72. The molecule has 0 atom stereocenters. The number of anilines is 9. The molecule has 25 nitrogen and oxygen atoms in total. The van der Waals surface area contributed by atoms with Gasteiger partial charge in [-0.3, -0.25) is 0 Å². The molecule has 0 saturated carbocycles. The molecule has 0 aliphatic rings. The summed E-state index contributed by atoms with van der Waals surface area (Å²) in [6.45, 7) is 19.6. The van der Waals surface area contributed by atoms with Gasteiger partial charge in [0, 0.05) is 75.2 Å². The van der Waals surface area contributed by atoms with E-state index in [1.54, 1.807) is 61.5 Å². The third kappa shape index (κ3) is 19.7. The van der Waals surface area contributed by atoms with Crippen molar-refractivity contribution in [3.05, 3.63) is 202 Å². The number of carbonyl (C=O) groups is 3. The van der Waals surface area contributed by atoms with E-state index in [0.717, 1.165) is 33.4 Å². The van der Waals surface area contributed by atoms with Crippen LogP contribution in [0.4, 0.5) is 88.3 Å². The van der Waals surface area contributed by atoms with Crippen molar-refractivity contribution in [3.8, 4) is 65.5 Å². The van der Waals surface area contributed by atoms with Gasteiger partial charge in [-0.15, -0.1) is 34.0 Å². The maximum atomic E-state index is 15.8. The van der Waals surface area contributed by atoms with E-state index in [-0.39, 0.29) is 89.1 Å². The zero-order valence-electron chi connectivity index (χ0n) is 60.8. The van der Waals surface area contributed by atoms with Gasteiger partial charge in [0.15, 0.2) is 37.1 Å². The van der Waals surface area contributed by atoms with E-state index >= 15 is 13.2 Å². The first kappa shape index (κ1) is 80.7. The minimum absolute atomic E-state index is 0.0286. The van der Waals surface area contributed by atoms with Crippen LogP contribution in [0.3, 0.4) is 0 Å². The van der Waals surface area contributed by atoms with Gasteiger partial charge >= 0.3 is 18.1 Å². The minimum Gasteiger partial charge on any atom is -0.368 e. The van der Waals surface area contributed by atoms with Crippen LogP contribution >= 0.6 is 34.0 Å². The summed E-state index contributed by atoms with van der Waals surface area (Å²) in [6, 6.07) is 30.7. The van der Waals surface area contributed by atoms with Gasteiger partial charge in [-0.25, -0.2) is 98.0 Å². The number of hydrogen-bond donors (Lipinski definition) is 9. The van der Waals surface area contributed by atoms with E-state index in [1.807, 2.05) is 62.3 Å². The summed E-state index contributed by atoms with van der Waals surface area (Å²) in [5, 5.41) is 17.1. The maximum Gasteiger partial charge on any atom is 0.323 e. The van der Waals surface area contributed by atoms with Gasteiger partial charge in [0.1, 0.15) is 28.7 Å². The molecule has 12 N–H and O–H groups in total. The fourth-order valence-electron chi connectivity index (χ4n) is 10.1. The molecule has 0 aliphatic heterocycles. The van der Waals surface area contributed by atoms with E-state index in [9.17, 15) is 40.0 Å². The lowest BCUT2D eigenvalue weighted by Gasteiger charge is -2.13. The number of halogens is 5. The van der Waals surface area contributed by atoms with Crippen molar-refractivity contribution in [1.29, 1.82) is 0 Å². The number of aromatic nitrogens is 9. The number of nitrogens with one attached hydrogen (secondary N) is 6. The molecule has 0 bridgehead atoms. The molecular weight excluding hydrogens is 1520 g/mol. The quantitative estimate of drug-likeness (QED) is 0.0430. The number of amides is 6. The summed E-state index contributed by atoms with van der Waals surface area (Å²) in [5.74, 6) is -3.56. The number of carbonyl (C=O) groups excluding carboxylic acids is 3. The smallest absolute Gasteiger partial charge is 0.323 e. The summed E-state index contributed by atoms with van der Waals surface area (Å²) < 4.78 is 121. The van der Waals surface area contributed by atoms with Crippen LogP contribution in [0.25, 0.3) is 65.5 Å². The molecule has 0 aliphatic carbocycles. The molecule has 6 aromatic heterocycles. The third-order valence-corrected chi connectivity index (χ3v) is 23.0. The summed E-state index contributed by atoms with van der Waals surface area (Å²) in [5.41, 5.74) is 20.0. The van der Waals surface area contributed by atoms with Crippen molar-refractivity contribution in [2.75, 3.05) is 61.1 Å². The molecule has 12 aromatic rings. The zero-order chi connectivity index (χ0) is 79.9. The van der Waals surface area contributed by atoms with Crippen molar-refractivity contribution in [3.63, 3.8) is 0 Å². The largest absolute Gasteiger partial charge is 0.368 e. The Labute approximate surface area is 641 Å². The number of nitrogen functional groups attached to an aromatic ring is 3. The highest BCUT2D eigenvalue weighted by molar-refractivity contribution is 7.91. The Bertz CT molecular complexity index is 5690. The minimum atomic E-state index is -3.36. The average Bonchev–Trinajstić information content (AvgIpc) is 1.65. The normalized spacial score (nSPS) is 11.7. The Morgan fingerprint density at radius 1 is 0.409 bits per heavy atom. The molecule has 12 rings (SSSR count). The first-order valence-electron chi connectivity index (χ1n) is 33.2. The number of hydrogen-bond acceptors (Lipinski definition) is 22. The molecule has 35 heteroatoms. The van der Waals surface area contributed by atoms with Crippen molar-refractivity contribution >= 4 is 124 Å². The molecule has 110 heavy (non-hydrogen) atoms. The first-order chi connectivity index (χ1) is 51.7. The number of nitrogens with zero attached hydrogens (tertiary/aromatic N) is 9. The van der Waals surface area contributed by atoms with E-state index in [0.29, 0.717) is 66.2 Å². The zero-order valence-corrected chi connectivity index (χ0v) is 64.8. The lowest BCUT2D eigenvalue weighted by Crippen LogP contribution is -2.21. The monoisotopic (exact) mass is 1590 g/mol. The third-order valence-electron chi connectivity index (χ3n) is 15.6. The molecule has 0 fully saturated rings. The van der Waals surface area contributed by atoms with Crippen LogP contribution in [0.5, 0.6) is 0 Å². The molecule has 0 saturated heterocycles. The van der Waals surface area contributed by atoms with Crippen LogP contribution in [-0.4, -0.2) is 91.8 Å². The van der Waals surface area contributed by atoms with Crippen LogP contribution in [-0.2, 0) is 35.9 Å². The Hall–Kier alpha value is -11.8. The molecule has 6 heterocycles. The van der Waals surface area contributed by atoms with Crippen LogP contribution < -0.4 is 49.1 Å². The number of urea groups is 3. The Balaban J connectivity index is 0.000000176. The predicted octanol–water partition coefficient (Wildman–Crippen LogP) is 17.3. The Kier molecular flexibility index (Phi) is 24.2. The van der Waals surface area contributed by atoms with Crippen molar-refractivity contribution in [2.24, 2.45) is 0 Å². The molecule has 6 amide bonds. The second-order valence-corrected chi connectivity index (χ2v) is 34.6. The molecule has 6 aromatic carbocycles. The van der Waals surface area contributed by atoms with Gasteiger partial charge < -0.3 is 49.1 Å². The lowest BCUT2D eigenvalue weighted by atomic mass is 9.98. The fourth-order valence-corrected chi connectivity index (χ4v) is 15.0. The number of nitrogens with two attached hydrogens (primary N) is 3. The van der Waals surface area contributed by atoms with Crippen LogP contribution in [0.1, 0.15) is 84.3 Å². The predicted molar refractivity (Wildman–Crippen MR) is 423 cm³/mol. The highest BCUT2D eigenvalue weighted by Crippen LogP contribution is 2.46. The number of benzene rings is 6. The van der Waals surface area contributed by atoms with Crippen molar-refractivity contribution in [2.45, 2.75) is 95.3 Å². The van der Waals surface area contributed by atoms with Crippen LogP contribution in [0, 0.1) is 29.1 Å². The van der Waals surface area contributed by atoms with Crippen LogP contribution in [0.15, 0.2) is 168 Å².